The van der Waals surface area contributed by atoms with Crippen LogP contribution in [0.1, 0.15) is 43.7 Å². The molecule has 1 fully saturated rings. The minimum absolute atomic E-state index is 0.0106. The van der Waals surface area contributed by atoms with Gasteiger partial charge in [-0.25, -0.2) is 9.78 Å². The molecule has 0 radical (unpaired) electrons. The maximum absolute atomic E-state index is 13.8. The summed E-state index contributed by atoms with van der Waals surface area (Å²) in [6.07, 6.45) is -3.41. The van der Waals surface area contributed by atoms with E-state index in [9.17, 15) is 40.8 Å². The van der Waals surface area contributed by atoms with Crippen molar-refractivity contribution in [3.63, 3.8) is 0 Å². The Morgan fingerprint density at radius 3 is 2.47 bits per heavy atom. The van der Waals surface area contributed by atoms with E-state index in [4.69, 9.17) is 4.74 Å². The van der Waals surface area contributed by atoms with Gasteiger partial charge in [-0.2, -0.15) is 21.6 Å². The van der Waals surface area contributed by atoms with Crippen LogP contribution in [0.2, 0.25) is 0 Å². The van der Waals surface area contributed by atoms with Gasteiger partial charge in [-0.3, -0.25) is 9.35 Å². The molecule has 1 amide bonds. The third-order valence-corrected chi connectivity index (χ3v) is 7.98. The standard InChI is InChI=1S/C28H31F3N4O7S/c29-28(30,31)13-7-6-11-22(26(36)35-16-21(14-23(35)27(37)38)42-20-9-2-1-3-10-20)34-17-25(33-18-34)32-15-19-8-4-5-12-24(19)43(39,40)41/h1-5,8-10,12,17-18,21-23,32H,6-7,11,13-16H2,(H,37,38)(H,39,40,41)/t21?,22?,23-/m0/s1. The van der Waals surface area contributed by atoms with Crippen LogP contribution in [0, 0.1) is 0 Å². The molecule has 43 heavy (non-hydrogen) atoms. The van der Waals surface area contributed by atoms with Crippen molar-refractivity contribution < 1.29 is 45.6 Å². The number of halogens is 3. The highest BCUT2D eigenvalue weighted by molar-refractivity contribution is 7.85. The number of alkyl halides is 3. The number of amides is 1. The summed E-state index contributed by atoms with van der Waals surface area (Å²) in [4.78, 5) is 31.0. The van der Waals surface area contributed by atoms with Crippen LogP contribution in [0.3, 0.4) is 0 Å². The molecule has 3 aromatic rings. The molecule has 1 aromatic heterocycles. The van der Waals surface area contributed by atoms with Crippen LogP contribution < -0.4 is 10.1 Å². The zero-order chi connectivity index (χ0) is 31.2. The number of anilines is 1. The van der Waals surface area contributed by atoms with Gasteiger partial charge < -0.3 is 24.6 Å². The Balaban J connectivity index is 1.52. The Kier molecular flexibility index (Phi) is 9.96. The number of carbonyl (C=O) groups is 2. The third-order valence-electron chi connectivity index (χ3n) is 7.02. The molecule has 11 nitrogen and oxygen atoms in total. The molecule has 4 rings (SSSR count). The van der Waals surface area contributed by atoms with E-state index >= 15 is 0 Å². The fourth-order valence-corrected chi connectivity index (χ4v) is 5.71. The first-order chi connectivity index (χ1) is 20.3. The molecule has 0 bridgehead atoms. The van der Waals surface area contributed by atoms with E-state index in [-0.39, 0.29) is 55.0 Å². The van der Waals surface area contributed by atoms with E-state index in [0.29, 0.717) is 5.75 Å². The lowest BCUT2D eigenvalue weighted by Crippen LogP contribution is -2.44. The Morgan fingerprint density at radius 2 is 1.79 bits per heavy atom. The minimum atomic E-state index is -4.48. The summed E-state index contributed by atoms with van der Waals surface area (Å²) in [5.74, 6) is -1.09. The molecule has 2 unspecified atom stereocenters. The third kappa shape index (κ3) is 8.70. The van der Waals surface area contributed by atoms with Crippen molar-refractivity contribution in [2.24, 2.45) is 0 Å². The first kappa shape index (κ1) is 31.8. The van der Waals surface area contributed by atoms with Gasteiger partial charge in [0.05, 0.1) is 17.8 Å². The number of nitrogens with one attached hydrogen (secondary N) is 1. The molecular weight excluding hydrogens is 593 g/mol. The summed E-state index contributed by atoms with van der Waals surface area (Å²) >= 11 is 0. The van der Waals surface area contributed by atoms with Crippen LogP contribution in [0.15, 0.2) is 72.0 Å². The summed E-state index contributed by atoms with van der Waals surface area (Å²) in [5, 5.41) is 12.8. The largest absolute Gasteiger partial charge is 0.488 e. The average Bonchev–Trinajstić information content (AvgIpc) is 3.59. The zero-order valence-electron chi connectivity index (χ0n) is 22.9. The highest BCUT2D eigenvalue weighted by atomic mass is 32.2. The number of carbonyl (C=O) groups excluding carboxylic acids is 1. The lowest BCUT2D eigenvalue weighted by atomic mass is 10.1. The van der Waals surface area contributed by atoms with Gasteiger partial charge in [0.15, 0.2) is 0 Å². The van der Waals surface area contributed by atoms with Gasteiger partial charge in [-0.15, -0.1) is 0 Å². The molecule has 232 valence electrons. The number of rotatable bonds is 13. The predicted octanol–water partition coefficient (Wildman–Crippen LogP) is 4.54. The molecule has 15 heteroatoms. The molecule has 0 aliphatic carbocycles. The number of carboxylic acids is 1. The molecule has 3 N–H and O–H groups in total. The number of likely N-dealkylation sites (tertiary alicyclic amines) is 1. The van der Waals surface area contributed by atoms with Crippen molar-refractivity contribution >= 4 is 27.8 Å². The normalized spacial score (nSPS) is 17.9. The maximum atomic E-state index is 13.8. The van der Waals surface area contributed by atoms with Gasteiger partial charge in [0, 0.05) is 25.6 Å². The monoisotopic (exact) mass is 624 g/mol. The van der Waals surface area contributed by atoms with E-state index in [2.05, 4.69) is 10.3 Å². The second-order valence-corrected chi connectivity index (χ2v) is 11.5. The first-order valence-electron chi connectivity index (χ1n) is 13.5. The Labute approximate surface area is 246 Å². The van der Waals surface area contributed by atoms with Gasteiger partial charge >= 0.3 is 12.1 Å². The van der Waals surface area contributed by atoms with E-state index in [0.717, 1.165) is 0 Å². The van der Waals surface area contributed by atoms with Crippen molar-refractivity contribution in [1.29, 1.82) is 0 Å². The Hall–Kier alpha value is -4.11. The van der Waals surface area contributed by atoms with Gasteiger partial charge in [-0.1, -0.05) is 42.8 Å². The summed E-state index contributed by atoms with van der Waals surface area (Å²) < 4.78 is 78.5. The van der Waals surface area contributed by atoms with Crippen molar-refractivity contribution in [2.75, 3.05) is 11.9 Å². The number of imidazole rings is 1. The van der Waals surface area contributed by atoms with E-state index in [1.807, 2.05) is 0 Å². The molecular formula is C28H31F3N4O7S. The van der Waals surface area contributed by atoms with Crippen LogP contribution in [0.25, 0.3) is 0 Å². The number of carboxylic acid groups (broad SMARTS) is 1. The number of para-hydroxylation sites is 1. The van der Waals surface area contributed by atoms with Crippen LogP contribution in [-0.4, -0.2) is 69.3 Å². The predicted molar refractivity (Wildman–Crippen MR) is 148 cm³/mol. The van der Waals surface area contributed by atoms with Crippen molar-refractivity contribution in [3.05, 3.63) is 72.7 Å². The fraction of sp³-hybridized carbons (Fsp3) is 0.393. The van der Waals surface area contributed by atoms with Gasteiger partial charge in [0.25, 0.3) is 10.1 Å². The van der Waals surface area contributed by atoms with E-state index in [1.54, 1.807) is 36.4 Å². The molecule has 3 atom stereocenters. The SMILES string of the molecule is O=C(O)[C@@H]1CC(Oc2ccccc2)CN1C(=O)C(CCCCC(F)(F)F)n1cnc(NCc2ccccc2S(=O)(=O)O)c1. The second kappa shape index (κ2) is 13.5. The summed E-state index contributed by atoms with van der Waals surface area (Å²) in [6.45, 7) is -0.0845. The van der Waals surface area contributed by atoms with Crippen LogP contribution in [-0.2, 0) is 26.3 Å². The molecule has 0 spiro atoms. The van der Waals surface area contributed by atoms with Gasteiger partial charge in [-0.05, 0) is 36.6 Å². The smallest absolute Gasteiger partial charge is 0.389 e. The van der Waals surface area contributed by atoms with Gasteiger partial charge in [0.2, 0.25) is 5.91 Å². The number of ether oxygens (including phenoxy) is 1. The van der Waals surface area contributed by atoms with E-state index < -0.39 is 52.8 Å². The number of unbranched alkanes of at least 4 members (excludes halogenated alkanes) is 1. The molecule has 1 aliphatic rings. The maximum Gasteiger partial charge on any atom is 0.389 e. The number of nitrogens with zero attached hydrogens (tertiary/aromatic N) is 3. The highest BCUT2D eigenvalue weighted by Crippen LogP contribution is 2.30. The summed E-state index contributed by atoms with van der Waals surface area (Å²) in [5.41, 5.74) is 0.255. The van der Waals surface area contributed by atoms with Crippen LogP contribution in [0.4, 0.5) is 19.0 Å². The molecule has 2 aromatic carbocycles. The number of hydrogen-bond acceptors (Lipinski definition) is 7. The number of hydrogen-bond donors (Lipinski definition) is 3. The zero-order valence-corrected chi connectivity index (χ0v) is 23.7. The molecule has 1 aliphatic heterocycles. The number of aromatic nitrogens is 2. The first-order valence-corrected chi connectivity index (χ1v) is 14.9. The number of benzene rings is 2. The fourth-order valence-electron chi connectivity index (χ4n) is 4.99. The summed E-state index contributed by atoms with van der Waals surface area (Å²) in [6, 6.07) is 12.2. The average molecular weight is 625 g/mol. The van der Waals surface area contributed by atoms with Crippen LogP contribution >= 0.6 is 0 Å². The Morgan fingerprint density at radius 1 is 1.09 bits per heavy atom. The second-order valence-electron chi connectivity index (χ2n) is 10.2. The van der Waals surface area contributed by atoms with Crippen molar-refractivity contribution in [2.45, 2.75) is 67.9 Å². The highest BCUT2D eigenvalue weighted by Gasteiger charge is 2.43. The Bertz CT molecular complexity index is 1520. The van der Waals surface area contributed by atoms with Crippen LogP contribution in [0.5, 0.6) is 5.75 Å². The minimum Gasteiger partial charge on any atom is -0.488 e. The summed E-state index contributed by atoms with van der Waals surface area (Å²) in [7, 11) is -4.48. The lowest BCUT2D eigenvalue weighted by Gasteiger charge is -2.27. The molecule has 2 heterocycles. The van der Waals surface area contributed by atoms with Crippen molar-refractivity contribution in [1.82, 2.24) is 14.5 Å². The quantitative estimate of drug-likeness (QED) is 0.184. The molecule has 0 saturated carbocycles. The molecule has 1 saturated heterocycles. The topological polar surface area (TPSA) is 151 Å². The van der Waals surface area contributed by atoms with Gasteiger partial charge in [0.1, 0.15) is 29.8 Å². The van der Waals surface area contributed by atoms with E-state index in [1.165, 1.54) is 40.2 Å². The lowest BCUT2D eigenvalue weighted by molar-refractivity contribution is -0.149. The number of aliphatic carboxylic acids is 1. The van der Waals surface area contributed by atoms with Crippen molar-refractivity contribution in [3.8, 4) is 5.75 Å².